The minimum atomic E-state index is 0.244. The van der Waals surface area contributed by atoms with Crippen molar-refractivity contribution in [3.05, 3.63) is 11.6 Å². The maximum atomic E-state index is 10.9. The second kappa shape index (κ2) is 7.92. The van der Waals surface area contributed by atoms with E-state index in [9.17, 15) is 4.79 Å². The summed E-state index contributed by atoms with van der Waals surface area (Å²) in [6.07, 6.45) is 20.5. The second-order valence-electron chi connectivity index (χ2n) is 11.7. The predicted octanol–water partition coefficient (Wildman–Crippen LogP) is 7.60. The number of carbonyl (C=O) groups excluding carboxylic acids is 1. The van der Waals surface area contributed by atoms with E-state index in [-0.39, 0.29) is 5.92 Å². The number of hydrogen-bond acceptors (Lipinski definition) is 1. The largest absolute Gasteiger partial charge is 0.303 e. The molecule has 1 unspecified atom stereocenters. The van der Waals surface area contributed by atoms with Crippen LogP contribution in [0.25, 0.3) is 0 Å². The van der Waals surface area contributed by atoms with Crippen molar-refractivity contribution in [1.29, 1.82) is 0 Å². The highest BCUT2D eigenvalue weighted by molar-refractivity contribution is 5.52. The molecule has 3 fully saturated rings. The third-order valence-corrected chi connectivity index (χ3v) is 10.3. The molecule has 0 spiro atoms. The lowest BCUT2D eigenvalue weighted by molar-refractivity contribution is -0.110. The van der Waals surface area contributed by atoms with Gasteiger partial charge >= 0.3 is 0 Å². The van der Waals surface area contributed by atoms with Gasteiger partial charge in [-0.3, -0.25) is 0 Å². The van der Waals surface area contributed by atoms with E-state index in [1.54, 1.807) is 0 Å². The lowest BCUT2D eigenvalue weighted by Crippen LogP contribution is -2.50. The molecule has 8 atom stereocenters. The van der Waals surface area contributed by atoms with Crippen LogP contribution in [-0.2, 0) is 4.79 Å². The molecule has 0 aromatic carbocycles. The maximum Gasteiger partial charge on any atom is 0.122 e. The quantitative estimate of drug-likeness (QED) is 0.340. The van der Waals surface area contributed by atoms with Crippen molar-refractivity contribution in [2.45, 2.75) is 105 Å². The van der Waals surface area contributed by atoms with Crippen LogP contribution < -0.4 is 0 Å². The Morgan fingerprint density at radius 2 is 1.89 bits per heavy atom. The zero-order valence-electron chi connectivity index (χ0n) is 19.0. The first-order valence-corrected chi connectivity index (χ1v) is 12.5. The normalized spacial score (nSPS) is 44.6. The van der Waals surface area contributed by atoms with Gasteiger partial charge in [0.1, 0.15) is 6.29 Å². The summed E-state index contributed by atoms with van der Waals surface area (Å²) in [6.45, 7) is 9.92. The molecule has 0 aromatic heterocycles. The van der Waals surface area contributed by atoms with Crippen LogP contribution in [0.1, 0.15) is 105 Å². The van der Waals surface area contributed by atoms with Gasteiger partial charge in [0.25, 0.3) is 0 Å². The van der Waals surface area contributed by atoms with E-state index in [1.165, 1.54) is 70.6 Å². The summed E-state index contributed by atoms with van der Waals surface area (Å²) in [7, 11) is 0. The van der Waals surface area contributed by atoms with Crippen LogP contribution in [0.5, 0.6) is 0 Å². The fourth-order valence-electron chi connectivity index (χ4n) is 8.70. The lowest BCUT2D eigenvalue weighted by atomic mass is 9.47. The number of hydrogen-bond donors (Lipinski definition) is 0. The van der Waals surface area contributed by atoms with Crippen molar-refractivity contribution >= 4 is 6.29 Å². The van der Waals surface area contributed by atoms with Crippen molar-refractivity contribution in [3.63, 3.8) is 0 Å². The number of aldehydes is 1. The van der Waals surface area contributed by atoms with Gasteiger partial charge in [0, 0.05) is 5.92 Å². The minimum absolute atomic E-state index is 0.244. The molecular formula is C27H44O. The van der Waals surface area contributed by atoms with Crippen molar-refractivity contribution in [3.8, 4) is 0 Å². The first-order valence-electron chi connectivity index (χ1n) is 12.5. The molecule has 4 aliphatic rings. The lowest BCUT2D eigenvalue weighted by Gasteiger charge is -2.58. The molecule has 4 rings (SSSR count). The topological polar surface area (TPSA) is 17.1 Å². The average molecular weight is 385 g/mol. The molecule has 3 saturated carbocycles. The van der Waals surface area contributed by atoms with Crippen molar-refractivity contribution < 1.29 is 4.79 Å². The van der Waals surface area contributed by atoms with Crippen molar-refractivity contribution in [2.24, 2.45) is 46.3 Å². The Bertz CT molecular complexity index is 605. The van der Waals surface area contributed by atoms with Crippen molar-refractivity contribution in [2.75, 3.05) is 0 Å². The second-order valence-corrected chi connectivity index (χ2v) is 11.7. The van der Waals surface area contributed by atoms with E-state index in [0.29, 0.717) is 10.8 Å². The van der Waals surface area contributed by atoms with Gasteiger partial charge in [0.2, 0.25) is 0 Å². The predicted molar refractivity (Wildman–Crippen MR) is 118 cm³/mol. The molecule has 0 N–H and O–H groups in total. The Labute approximate surface area is 174 Å². The third-order valence-electron chi connectivity index (χ3n) is 10.3. The molecule has 158 valence electrons. The van der Waals surface area contributed by atoms with Gasteiger partial charge in [-0.15, -0.1) is 0 Å². The Balaban J connectivity index is 1.46. The average Bonchev–Trinajstić information content (AvgIpc) is 3.04. The summed E-state index contributed by atoms with van der Waals surface area (Å²) >= 11 is 0. The molecule has 1 heteroatoms. The molecule has 0 amide bonds. The van der Waals surface area contributed by atoms with Gasteiger partial charge in [0.15, 0.2) is 0 Å². The Kier molecular flexibility index (Phi) is 5.85. The standard InChI is InChI=1S/C27H44O/c1-19(18-28)8-7-9-20(2)23-13-14-24-22-12-11-21-10-5-6-16-26(21,3)25(22)15-17-27(23,24)4/h11,18-20,22-25H,5-10,12-17H2,1-4H3/t19?,20-,22+,23-,24+,25+,26+,27-/m1/s1. The Hall–Kier alpha value is -0.590. The molecule has 0 bridgehead atoms. The van der Waals surface area contributed by atoms with E-state index in [1.807, 2.05) is 5.57 Å². The van der Waals surface area contributed by atoms with Crippen molar-refractivity contribution in [1.82, 2.24) is 0 Å². The molecule has 0 heterocycles. The Morgan fingerprint density at radius 1 is 1.07 bits per heavy atom. The van der Waals surface area contributed by atoms with Crippen LogP contribution >= 0.6 is 0 Å². The summed E-state index contributed by atoms with van der Waals surface area (Å²) in [6, 6.07) is 0. The summed E-state index contributed by atoms with van der Waals surface area (Å²) < 4.78 is 0. The fourth-order valence-corrected chi connectivity index (χ4v) is 8.70. The summed E-state index contributed by atoms with van der Waals surface area (Å²) in [5.41, 5.74) is 2.96. The van der Waals surface area contributed by atoms with Gasteiger partial charge in [-0.1, -0.05) is 58.6 Å². The SMILES string of the molecule is CC(C=O)CCC[C@@H](C)[C@H]1CC[C@H]2[C@@H]3CC=C4CCCC[C@]4(C)[C@H]3CC[C@]12C. The highest BCUT2D eigenvalue weighted by Crippen LogP contribution is 2.67. The number of fused-ring (bicyclic) bond motifs is 5. The zero-order chi connectivity index (χ0) is 19.9. The summed E-state index contributed by atoms with van der Waals surface area (Å²) in [5.74, 6) is 4.87. The van der Waals surface area contributed by atoms with Crippen LogP contribution in [0.2, 0.25) is 0 Å². The number of rotatable bonds is 6. The first-order chi connectivity index (χ1) is 13.4. The molecule has 0 aliphatic heterocycles. The van der Waals surface area contributed by atoms with Gasteiger partial charge in [-0.2, -0.15) is 0 Å². The smallest absolute Gasteiger partial charge is 0.122 e. The molecule has 0 saturated heterocycles. The molecule has 1 nitrogen and oxygen atoms in total. The van der Waals surface area contributed by atoms with E-state index in [2.05, 4.69) is 33.8 Å². The van der Waals surface area contributed by atoms with Gasteiger partial charge in [0.05, 0.1) is 0 Å². The van der Waals surface area contributed by atoms with Gasteiger partial charge in [-0.05, 0) is 98.2 Å². The van der Waals surface area contributed by atoms with Crippen LogP contribution in [0.15, 0.2) is 11.6 Å². The number of allylic oxidation sites excluding steroid dienone is 2. The molecule has 0 radical (unpaired) electrons. The molecule has 0 aromatic rings. The highest BCUT2D eigenvalue weighted by Gasteiger charge is 2.58. The minimum Gasteiger partial charge on any atom is -0.303 e. The third kappa shape index (κ3) is 3.33. The van der Waals surface area contributed by atoms with E-state index >= 15 is 0 Å². The van der Waals surface area contributed by atoms with Crippen LogP contribution in [-0.4, -0.2) is 6.29 Å². The van der Waals surface area contributed by atoms with E-state index in [4.69, 9.17) is 0 Å². The van der Waals surface area contributed by atoms with Gasteiger partial charge < -0.3 is 4.79 Å². The zero-order valence-corrected chi connectivity index (χ0v) is 19.0. The molecule has 28 heavy (non-hydrogen) atoms. The fraction of sp³-hybridized carbons (Fsp3) is 0.889. The summed E-state index contributed by atoms with van der Waals surface area (Å²) in [5, 5.41) is 0. The Morgan fingerprint density at radius 3 is 2.68 bits per heavy atom. The molecule has 4 aliphatic carbocycles. The monoisotopic (exact) mass is 384 g/mol. The van der Waals surface area contributed by atoms with Crippen LogP contribution in [0.4, 0.5) is 0 Å². The van der Waals surface area contributed by atoms with Crippen LogP contribution in [0.3, 0.4) is 0 Å². The first kappa shape index (κ1) is 20.7. The van der Waals surface area contributed by atoms with Crippen LogP contribution in [0, 0.1) is 46.3 Å². The highest BCUT2D eigenvalue weighted by atomic mass is 16.1. The number of carbonyl (C=O) groups is 1. The van der Waals surface area contributed by atoms with E-state index < -0.39 is 0 Å². The maximum absolute atomic E-state index is 10.9. The van der Waals surface area contributed by atoms with Gasteiger partial charge in [-0.25, -0.2) is 0 Å². The summed E-state index contributed by atoms with van der Waals surface area (Å²) in [4.78, 5) is 10.9. The molecular weight excluding hydrogens is 340 g/mol. The van der Waals surface area contributed by atoms with E-state index in [0.717, 1.165) is 42.3 Å².